The van der Waals surface area contributed by atoms with Crippen molar-refractivity contribution in [1.82, 2.24) is 0 Å². The summed E-state index contributed by atoms with van der Waals surface area (Å²) in [6.45, 7) is 15.7. The quantitative estimate of drug-likeness (QED) is 0.423. The summed E-state index contributed by atoms with van der Waals surface area (Å²) in [5, 5.41) is 32.1. The Labute approximate surface area is 210 Å². The Bertz CT molecular complexity index is 954. The van der Waals surface area contributed by atoms with E-state index < -0.39 is 28.2 Å². The van der Waals surface area contributed by atoms with Crippen molar-refractivity contribution in [3.05, 3.63) is 12.2 Å². The Morgan fingerprint density at radius 2 is 1.57 bits per heavy atom. The standard InChI is InChI=1S/C30H46O5/c1-17(2)19-9-12-29(24(32)33)13-14-30(25(34)35)20(23(19)29)7-8-22-27(30,5)11-10-21-26(3,4)15-18(16-31)28(21,22)6/h18-23,31H,1,7-16H2,2-6H3,(H,32,33)(H,34,35). The highest BCUT2D eigenvalue weighted by atomic mass is 16.4. The molecule has 0 bridgehead atoms. The van der Waals surface area contributed by atoms with Crippen LogP contribution in [0.25, 0.3) is 0 Å². The van der Waals surface area contributed by atoms with Gasteiger partial charge in [-0.3, -0.25) is 9.59 Å². The number of aliphatic carboxylic acids is 2. The molecule has 5 saturated carbocycles. The fraction of sp³-hybridized carbons (Fsp3) is 0.867. The highest BCUT2D eigenvalue weighted by molar-refractivity contribution is 5.80. The second kappa shape index (κ2) is 7.58. The van der Waals surface area contributed by atoms with Crippen LogP contribution in [0.3, 0.4) is 0 Å². The van der Waals surface area contributed by atoms with Crippen LogP contribution in [0.4, 0.5) is 0 Å². The van der Waals surface area contributed by atoms with E-state index in [0.29, 0.717) is 25.2 Å². The van der Waals surface area contributed by atoms with Crippen LogP contribution in [0.5, 0.6) is 0 Å². The van der Waals surface area contributed by atoms with Crippen LogP contribution in [0.1, 0.15) is 92.4 Å². The molecule has 0 aromatic carbocycles. The maximum absolute atomic E-state index is 13.6. The number of hydrogen-bond acceptors (Lipinski definition) is 3. The molecular weight excluding hydrogens is 440 g/mol. The molecule has 0 spiro atoms. The van der Waals surface area contributed by atoms with E-state index in [9.17, 15) is 24.9 Å². The van der Waals surface area contributed by atoms with E-state index in [1.54, 1.807) is 0 Å². The average Bonchev–Trinajstić information content (AvgIpc) is 3.27. The first-order valence-electron chi connectivity index (χ1n) is 14.0. The lowest BCUT2D eigenvalue weighted by atomic mass is 9.33. The van der Waals surface area contributed by atoms with Gasteiger partial charge in [-0.05, 0) is 116 Å². The van der Waals surface area contributed by atoms with Gasteiger partial charge in [0.2, 0.25) is 0 Å². The van der Waals surface area contributed by atoms with Gasteiger partial charge in [0.05, 0.1) is 10.8 Å². The zero-order valence-corrected chi connectivity index (χ0v) is 22.4. The third kappa shape index (κ3) is 2.80. The lowest BCUT2D eigenvalue weighted by molar-refractivity contribution is -0.240. The van der Waals surface area contributed by atoms with Crippen LogP contribution >= 0.6 is 0 Å². The first-order chi connectivity index (χ1) is 16.2. The van der Waals surface area contributed by atoms with Gasteiger partial charge in [0, 0.05) is 6.61 Å². The third-order valence-corrected chi connectivity index (χ3v) is 13.3. The second-order valence-electron chi connectivity index (χ2n) is 14.4. The highest BCUT2D eigenvalue weighted by Gasteiger charge is 2.76. The zero-order chi connectivity index (χ0) is 25.8. The molecule has 5 aliphatic rings. The molecule has 10 unspecified atom stereocenters. The number of rotatable bonds is 4. The maximum atomic E-state index is 13.6. The Balaban J connectivity index is 1.66. The Morgan fingerprint density at radius 1 is 0.886 bits per heavy atom. The fourth-order valence-electron chi connectivity index (χ4n) is 12.0. The summed E-state index contributed by atoms with van der Waals surface area (Å²) in [5.74, 6) is -0.765. The molecule has 0 aromatic rings. The predicted octanol–water partition coefficient (Wildman–Crippen LogP) is 6.01. The van der Waals surface area contributed by atoms with Crippen molar-refractivity contribution >= 4 is 11.9 Å². The van der Waals surface area contributed by atoms with Gasteiger partial charge in [0.25, 0.3) is 0 Å². The van der Waals surface area contributed by atoms with Crippen molar-refractivity contribution in [2.24, 2.45) is 62.6 Å². The second-order valence-corrected chi connectivity index (χ2v) is 14.4. The van der Waals surface area contributed by atoms with Crippen molar-refractivity contribution in [2.45, 2.75) is 92.4 Å². The van der Waals surface area contributed by atoms with Crippen LogP contribution in [0, 0.1) is 62.6 Å². The number of aliphatic hydroxyl groups excluding tert-OH is 1. The molecule has 0 aromatic heterocycles. The number of carbonyl (C=O) groups is 2. The summed E-state index contributed by atoms with van der Waals surface area (Å²) < 4.78 is 0. The molecule has 5 aliphatic carbocycles. The fourth-order valence-corrected chi connectivity index (χ4v) is 12.0. The monoisotopic (exact) mass is 486 g/mol. The summed E-state index contributed by atoms with van der Waals surface area (Å²) in [5.41, 5.74) is -1.09. The number of aliphatic hydroxyl groups is 1. The minimum atomic E-state index is -0.918. The summed E-state index contributed by atoms with van der Waals surface area (Å²) in [4.78, 5) is 26.4. The zero-order valence-electron chi connectivity index (χ0n) is 22.4. The van der Waals surface area contributed by atoms with Gasteiger partial charge in [-0.1, -0.05) is 39.8 Å². The molecule has 0 amide bonds. The van der Waals surface area contributed by atoms with Crippen molar-refractivity contribution in [2.75, 3.05) is 6.61 Å². The SMILES string of the molecule is C=C(C)C1CCC2(C(=O)O)CCC3(C(=O)O)C(CCC4C5(C)C(CO)CC(C)(C)C5CCC43C)C12. The molecule has 5 rings (SSSR count). The topological polar surface area (TPSA) is 94.8 Å². The average molecular weight is 487 g/mol. The van der Waals surface area contributed by atoms with E-state index >= 15 is 0 Å². The molecule has 0 radical (unpaired) electrons. The molecule has 5 nitrogen and oxygen atoms in total. The normalized spacial score (nSPS) is 52.1. The lowest BCUT2D eigenvalue weighted by Crippen LogP contribution is -2.68. The van der Waals surface area contributed by atoms with Crippen LogP contribution in [-0.4, -0.2) is 33.9 Å². The van der Waals surface area contributed by atoms with E-state index in [0.717, 1.165) is 44.1 Å². The largest absolute Gasteiger partial charge is 0.481 e. The molecule has 5 heteroatoms. The lowest BCUT2D eigenvalue weighted by Gasteiger charge is -2.69. The van der Waals surface area contributed by atoms with Crippen molar-refractivity contribution < 1.29 is 24.9 Å². The van der Waals surface area contributed by atoms with Crippen LogP contribution in [0.2, 0.25) is 0 Å². The van der Waals surface area contributed by atoms with Gasteiger partial charge in [0.1, 0.15) is 0 Å². The summed E-state index contributed by atoms with van der Waals surface area (Å²) in [6.07, 6.45) is 6.93. The van der Waals surface area contributed by atoms with Crippen LogP contribution in [0.15, 0.2) is 12.2 Å². The van der Waals surface area contributed by atoms with Crippen LogP contribution in [-0.2, 0) is 9.59 Å². The Morgan fingerprint density at radius 3 is 2.14 bits per heavy atom. The Kier molecular flexibility index (Phi) is 5.48. The van der Waals surface area contributed by atoms with Gasteiger partial charge in [-0.2, -0.15) is 0 Å². The van der Waals surface area contributed by atoms with Crippen LogP contribution < -0.4 is 0 Å². The molecule has 196 valence electrons. The number of carboxylic acids is 2. The predicted molar refractivity (Wildman–Crippen MR) is 135 cm³/mol. The van der Waals surface area contributed by atoms with Crippen molar-refractivity contribution in [3.8, 4) is 0 Å². The highest BCUT2D eigenvalue weighted by Crippen LogP contribution is 2.79. The minimum absolute atomic E-state index is 0.0813. The third-order valence-electron chi connectivity index (χ3n) is 13.3. The van der Waals surface area contributed by atoms with Crippen molar-refractivity contribution in [3.63, 3.8) is 0 Å². The van der Waals surface area contributed by atoms with Gasteiger partial charge in [-0.25, -0.2) is 0 Å². The number of carboxylic acid groups (broad SMARTS) is 2. The minimum Gasteiger partial charge on any atom is -0.481 e. The first kappa shape index (κ1) is 25.3. The van der Waals surface area contributed by atoms with Gasteiger partial charge >= 0.3 is 11.9 Å². The van der Waals surface area contributed by atoms with Gasteiger partial charge < -0.3 is 15.3 Å². The molecule has 3 N–H and O–H groups in total. The van der Waals surface area contributed by atoms with Crippen molar-refractivity contribution in [1.29, 1.82) is 0 Å². The van der Waals surface area contributed by atoms with E-state index in [1.165, 1.54) is 0 Å². The molecule has 35 heavy (non-hydrogen) atoms. The molecule has 10 atom stereocenters. The molecular formula is C30H46O5. The summed E-state index contributed by atoms with van der Waals surface area (Å²) in [7, 11) is 0. The molecule has 0 heterocycles. The first-order valence-corrected chi connectivity index (χ1v) is 14.0. The summed E-state index contributed by atoms with van der Waals surface area (Å²) >= 11 is 0. The molecule has 5 fully saturated rings. The smallest absolute Gasteiger partial charge is 0.310 e. The number of fused-ring (bicyclic) bond motifs is 7. The van der Waals surface area contributed by atoms with Gasteiger partial charge in [-0.15, -0.1) is 0 Å². The van der Waals surface area contributed by atoms with Gasteiger partial charge in [0.15, 0.2) is 0 Å². The summed E-state index contributed by atoms with van der Waals surface area (Å²) in [6, 6.07) is 0. The van der Waals surface area contributed by atoms with E-state index in [4.69, 9.17) is 0 Å². The molecule has 0 aliphatic heterocycles. The Hall–Kier alpha value is -1.36. The van der Waals surface area contributed by atoms with E-state index in [-0.39, 0.29) is 47.0 Å². The maximum Gasteiger partial charge on any atom is 0.310 e. The number of allylic oxidation sites excluding steroid dienone is 1. The molecule has 0 saturated heterocycles. The number of hydrogen-bond donors (Lipinski definition) is 3. The van der Waals surface area contributed by atoms with E-state index in [1.807, 2.05) is 6.92 Å². The van der Waals surface area contributed by atoms with E-state index in [2.05, 4.69) is 34.3 Å².